The molecule has 31 heavy (non-hydrogen) atoms. The van der Waals surface area contributed by atoms with Crippen molar-refractivity contribution in [1.29, 1.82) is 15.8 Å². The Morgan fingerprint density at radius 3 is 1.03 bits per heavy atom. The van der Waals surface area contributed by atoms with Crippen molar-refractivity contribution in [3.05, 3.63) is 73.2 Å². The van der Waals surface area contributed by atoms with Gasteiger partial charge in [0.25, 0.3) is 0 Å². The van der Waals surface area contributed by atoms with Gasteiger partial charge in [0.05, 0.1) is 40.6 Å². The van der Waals surface area contributed by atoms with E-state index in [4.69, 9.17) is 27.6 Å². The van der Waals surface area contributed by atoms with Gasteiger partial charge in [0, 0.05) is 39.4 Å². The number of nitriles is 3. The SMILES string of the molecule is CC#N.CC#N.CC#N.S=P(c1ccccn1)(c1ccccn1)c1ccccn1.[Br-].[Cu+]. The average molecular weight is 564 g/mol. The summed E-state index contributed by atoms with van der Waals surface area (Å²) in [6.45, 7) is 4.29. The first-order valence-electron chi connectivity index (χ1n) is 8.34. The van der Waals surface area contributed by atoms with E-state index in [1.807, 2.05) is 54.6 Å². The van der Waals surface area contributed by atoms with Crippen LogP contribution in [0.5, 0.6) is 0 Å². The van der Waals surface area contributed by atoms with E-state index in [0.29, 0.717) is 0 Å². The summed E-state index contributed by atoms with van der Waals surface area (Å²) >= 11 is 6.02. The molecular formula is C21H21BrCuN6PS. The Morgan fingerprint density at radius 2 is 0.871 bits per heavy atom. The van der Waals surface area contributed by atoms with Crippen LogP contribution < -0.4 is 33.3 Å². The maximum absolute atomic E-state index is 7.32. The Labute approximate surface area is 210 Å². The summed E-state index contributed by atoms with van der Waals surface area (Å²) in [4.78, 5) is 13.4. The van der Waals surface area contributed by atoms with Crippen molar-refractivity contribution >= 4 is 34.1 Å². The standard InChI is InChI=1S/C15H12N3PS.3C2H3N.BrH.Cu/c20-19(13-7-1-4-10-16-13,14-8-2-5-11-17-14)15-9-3-6-12-18-15;3*1-2-3;;/h1-12H;3*1H3;1H;/q;;;;;+1/p-1. The van der Waals surface area contributed by atoms with Crippen molar-refractivity contribution in [2.75, 3.05) is 0 Å². The van der Waals surface area contributed by atoms with Gasteiger partial charge in [-0.3, -0.25) is 15.0 Å². The van der Waals surface area contributed by atoms with E-state index in [0.717, 1.165) is 16.3 Å². The molecular weight excluding hydrogens is 543 g/mol. The molecule has 0 N–H and O–H groups in total. The second-order valence-corrected chi connectivity index (χ2v) is 9.08. The van der Waals surface area contributed by atoms with Crippen LogP contribution in [0.2, 0.25) is 0 Å². The predicted molar refractivity (Wildman–Crippen MR) is 120 cm³/mol. The third-order valence-corrected chi connectivity index (χ3v) is 7.33. The molecule has 0 aliphatic carbocycles. The first-order valence-corrected chi connectivity index (χ1v) is 11.1. The van der Waals surface area contributed by atoms with E-state index in [9.17, 15) is 0 Å². The maximum atomic E-state index is 7.32. The molecule has 0 radical (unpaired) electrons. The molecule has 3 aromatic heterocycles. The van der Waals surface area contributed by atoms with Gasteiger partial charge in [-0.05, 0) is 36.4 Å². The largest absolute Gasteiger partial charge is 1.00 e. The van der Waals surface area contributed by atoms with Crippen LogP contribution in [0.15, 0.2) is 73.2 Å². The summed E-state index contributed by atoms with van der Waals surface area (Å²) in [5.74, 6) is 0. The summed E-state index contributed by atoms with van der Waals surface area (Å²) in [5, 5.41) is 22.0. The van der Waals surface area contributed by atoms with Gasteiger partial charge in [-0.15, -0.1) is 0 Å². The molecule has 0 fully saturated rings. The number of pyridine rings is 3. The minimum atomic E-state index is -2.28. The topological polar surface area (TPSA) is 110 Å². The summed E-state index contributed by atoms with van der Waals surface area (Å²) in [6, 6.07) is 20.4. The number of halogens is 1. The Balaban J connectivity index is -0.000000620. The third kappa shape index (κ3) is 11.5. The number of hydrogen-bond donors (Lipinski definition) is 0. The van der Waals surface area contributed by atoms with Crippen molar-refractivity contribution in [1.82, 2.24) is 15.0 Å². The van der Waals surface area contributed by atoms with Crippen molar-refractivity contribution in [2.45, 2.75) is 20.8 Å². The van der Waals surface area contributed by atoms with Gasteiger partial charge in [0.15, 0.2) is 0 Å². The summed E-state index contributed by atoms with van der Waals surface area (Å²) in [7, 11) is 0. The minimum Gasteiger partial charge on any atom is -1.00 e. The zero-order valence-electron chi connectivity index (χ0n) is 17.1. The first kappa shape index (κ1) is 33.2. The molecule has 0 saturated heterocycles. The minimum absolute atomic E-state index is 0. The normalized spacial score (nSPS) is 8.00. The molecule has 0 amide bonds. The van der Waals surface area contributed by atoms with Crippen LogP contribution in [0, 0.1) is 34.0 Å². The maximum Gasteiger partial charge on any atom is 1.00 e. The number of rotatable bonds is 3. The van der Waals surface area contributed by atoms with E-state index >= 15 is 0 Å². The second-order valence-electron chi connectivity index (χ2n) is 4.84. The van der Waals surface area contributed by atoms with Gasteiger partial charge in [-0.1, -0.05) is 30.0 Å². The van der Waals surface area contributed by atoms with Crippen molar-refractivity contribution in [2.24, 2.45) is 0 Å². The Kier molecular flexibility index (Phi) is 22.3. The molecule has 0 saturated carbocycles. The zero-order chi connectivity index (χ0) is 22.0. The molecule has 0 bridgehead atoms. The van der Waals surface area contributed by atoms with E-state index < -0.39 is 6.04 Å². The van der Waals surface area contributed by atoms with Gasteiger partial charge < -0.3 is 17.0 Å². The Hall–Kier alpha value is -2.43. The van der Waals surface area contributed by atoms with Gasteiger partial charge in [-0.2, -0.15) is 15.8 Å². The molecule has 0 unspecified atom stereocenters. The van der Waals surface area contributed by atoms with Gasteiger partial charge in [-0.25, -0.2) is 0 Å². The molecule has 0 aliphatic heterocycles. The summed E-state index contributed by atoms with van der Waals surface area (Å²) < 4.78 is 0. The van der Waals surface area contributed by atoms with Crippen molar-refractivity contribution in [3.8, 4) is 18.2 Å². The predicted octanol–water partition coefficient (Wildman–Crippen LogP) is 0.219. The fourth-order valence-corrected chi connectivity index (χ4v) is 5.22. The summed E-state index contributed by atoms with van der Waals surface area (Å²) in [5.41, 5.74) is 2.60. The van der Waals surface area contributed by atoms with Crippen LogP contribution in [-0.2, 0) is 28.9 Å². The van der Waals surface area contributed by atoms with Gasteiger partial charge in [0.1, 0.15) is 0 Å². The van der Waals surface area contributed by atoms with Crippen LogP contribution in [-0.4, -0.2) is 15.0 Å². The first-order chi connectivity index (χ1) is 14.1. The number of aromatic nitrogens is 3. The number of nitrogens with zero attached hydrogens (tertiary/aromatic N) is 6. The van der Waals surface area contributed by atoms with Crippen molar-refractivity contribution < 1.29 is 34.1 Å². The Morgan fingerprint density at radius 1 is 0.645 bits per heavy atom. The molecule has 3 heterocycles. The average Bonchev–Trinajstić information content (AvgIpc) is 2.77. The molecule has 10 heteroatoms. The van der Waals surface area contributed by atoms with Gasteiger partial charge >= 0.3 is 17.1 Å². The molecule has 0 aliphatic rings. The van der Waals surface area contributed by atoms with E-state index in [2.05, 4.69) is 15.0 Å². The van der Waals surface area contributed by atoms with Crippen LogP contribution in [0.1, 0.15) is 20.8 Å². The molecule has 0 atom stereocenters. The van der Waals surface area contributed by atoms with E-state index in [1.165, 1.54) is 20.8 Å². The van der Waals surface area contributed by atoms with Crippen LogP contribution >= 0.6 is 6.04 Å². The van der Waals surface area contributed by atoms with E-state index in [1.54, 1.807) is 36.8 Å². The monoisotopic (exact) mass is 562 g/mol. The number of hydrogen-bond acceptors (Lipinski definition) is 7. The molecule has 164 valence electrons. The van der Waals surface area contributed by atoms with E-state index in [-0.39, 0.29) is 34.1 Å². The smallest absolute Gasteiger partial charge is 1.00 e. The second kappa shape index (κ2) is 20.8. The fraction of sp³-hybridized carbons (Fsp3) is 0.143. The van der Waals surface area contributed by atoms with Crippen molar-refractivity contribution in [3.63, 3.8) is 0 Å². The summed E-state index contributed by atoms with van der Waals surface area (Å²) in [6.07, 6.45) is 5.30. The molecule has 0 spiro atoms. The fourth-order valence-electron chi connectivity index (χ4n) is 1.97. The molecule has 3 aromatic rings. The third-order valence-electron chi connectivity index (χ3n) is 2.92. The van der Waals surface area contributed by atoms with Crippen LogP contribution in [0.25, 0.3) is 0 Å². The molecule has 3 rings (SSSR count). The van der Waals surface area contributed by atoms with Gasteiger partial charge in [0.2, 0.25) is 0 Å². The Bertz CT molecular complexity index is 871. The molecule has 0 aromatic carbocycles. The zero-order valence-corrected chi connectivity index (χ0v) is 21.4. The quantitative estimate of drug-likeness (QED) is 0.331. The molecule has 6 nitrogen and oxygen atoms in total. The van der Waals surface area contributed by atoms with Crippen LogP contribution in [0.4, 0.5) is 0 Å². The van der Waals surface area contributed by atoms with Crippen LogP contribution in [0.3, 0.4) is 0 Å².